The van der Waals surface area contributed by atoms with Crippen molar-refractivity contribution in [2.24, 2.45) is 7.05 Å². The van der Waals surface area contributed by atoms with Gasteiger partial charge in [-0.15, -0.1) is 0 Å². The van der Waals surface area contributed by atoms with E-state index in [1.807, 2.05) is 43.7 Å². The van der Waals surface area contributed by atoms with E-state index >= 15 is 0 Å². The van der Waals surface area contributed by atoms with Crippen molar-refractivity contribution in [1.82, 2.24) is 14.5 Å². The minimum absolute atomic E-state index is 0.393. The van der Waals surface area contributed by atoms with E-state index in [4.69, 9.17) is 9.52 Å². The molecule has 2 heterocycles. The van der Waals surface area contributed by atoms with Gasteiger partial charge in [-0.25, -0.2) is 4.98 Å². The number of fused-ring (bicyclic) bond motifs is 2. The van der Waals surface area contributed by atoms with Gasteiger partial charge in [0.1, 0.15) is 11.8 Å². The number of aldehydes is 1. The maximum atomic E-state index is 10.9. The summed E-state index contributed by atoms with van der Waals surface area (Å²) in [4.78, 5) is 19.9. The standard InChI is InChI=1S/C19H18N4O2.C2H6.CH4O/c1-11(2)13-5-6-14-17(9-13)25-19(21-14)22-18-20-15-8-12(10-24)4-7-16(15)23(18)3;2*1-2/h4-11H,1-3H3,(H,20,21,22);1-2H3;2H,1H3. The summed E-state index contributed by atoms with van der Waals surface area (Å²) in [6.07, 6.45) is 0.814. The average Bonchev–Trinajstić information content (AvgIpc) is 3.30. The van der Waals surface area contributed by atoms with Gasteiger partial charge in [-0.1, -0.05) is 33.8 Å². The molecule has 0 aliphatic heterocycles. The molecule has 2 aromatic heterocycles. The van der Waals surface area contributed by atoms with Crippen LogP contribution in [0.3, 0.4) is 0 Å². The molecule has 4 aromatic rings. The fraction of sp³-hybridized carbons (Fsp3) is 0.318. The number of aliphatic hydroxyl groups excluding tert-OH is 1. The number of nitrogens with one attached hydrogen (secondary N) is 1. The van der Waals surface area contributed by atoms with Crippen LogP contribution < -0.4 is 5.32 Å². The quantitative estimate of drug-likeness (QED) is 0.470. The molecule has 7 nitrogen and oxygen atoms in total. The second-order valence-corrected chi connectivity index (χ2v) is 6.39. The van der Waals surface area contributed by atoms with Crippen LogP contribution in [-0.2, 0) is 7.05 Å². The van der Waals surface area contributed by atoms with Gasteiger partial charge in [0, 0.05) is 19.7 Å². The molecule has 0 radical (unpaired) electrons. The molecule has 0 saturated carbocycles. The molecule has 0 atom stereocenters. The number of carbonyl (C=O) groups excluding carboxylic acids is 1. The van der Waals surface area contributed by atoms with Gasteiger partial charge in [-0.3, -0.25) is 10.1 Å². The Kier molecular flexibility index (Phi) is 7.50. The summed E-state index contributed by atoms with van der Waals surface area (Å²) in [5.41, 5.74) is 5.02. The largest absolute Gasteiger partial charge is 0.423 e. The Hall–Kier alpha value is -3.19. The number of carbonyl (C=O) groups is 1. The second kappa shape index (κ2) is 9.84. The van der Waals surface area contributed by atoms with E-state index in [1.54, 1.807) is 12.1 Å². The first-order chi connectivity index (χ1) is 14.0. The summed E-state index contributed by atoms with van der Waals surface area (Å²) >= 11 is 0. The van der Waals surface area contributed by atoms with Gasteiger partial charge in [0.05, 0.1) is 11.0 Å². The summed E-state index contributed by atoms with van der Waals surface area (Å²) in [6, 6.07) is 11.8. The molecule has 0 unspecified atom stereocenters. The zero-order valence-electron chi connectivity index (χ0n) is 17.7. The fourth-order valence-electron chi connectivity index (χ4n) is 2.85. The predicted molar refractivity (Wildman–Crippen MR) is 117 cm³/mol. The van der Waals surface area contributed by atoms with E-state index in [2.05, 4.69) is 35.2 Å². The Balaban J connectivity index is 0.000000707. The maximum absolute atomic E-state index is 10.9. The third-order valence-electron chi connectivity index (χ3n) is 4.34. The van der Waals surface area contributed by atoms with Crippen LogP contribution >= 0.6 is 0 Å². The Labute approximate surface area is 170 Å². The summed E-state index contributed by atoms with van der Waals surface area (Å²) in [5.74, 6) is 1.03. The molecule has 4 rings (SSSR count). The van der Waals surface area contributed by atoms with E-state index in [-0.39, 0.29) is 0 Å². The van der Waals surface area contributed by atoms with Crippen LogP contribution in [0.1, 0.15) is 49.5 Å². The van der Waals surface area contributed by atoms with Crippen molar-refractivity contribution in [2.75, 3.05) is 12.4 Å². The summed E-state index contributed by atoms with van der Waals surface area (Å²) in [6.45, 7) is 8.29. The molecule has 29 heavy (non-hydrogen) atoms. The third kappa shape index (κ3) is 4.63. The monoisotopic (exact) mass is 396 g/mol. The number of aliphatic hydroxyl groups is 1. The van der Waals surface area contributed by atoms with Crippen molar-refractivity contribution in [3.05, 3.63) is 47.5 Å². The molecule has 154 valence electrons. The van der Waals surface area contributed by atoms with E-state index < -0.39 is 0 Å². The topological polar surface area (TPSA) is 93.2 Å². The predicted octanol–water partition coefficient (Wildman–Crippen LogP) is 5.03. The highest BCUT2D eigenvalue weighted by molar-refractivity contribution is 5.86. The molecular weight excluding hydrogens is 368 g/mol. The number of oxazole rings is 1. The van der Waals surface area contributed by atoms with Crippen LogP contribution in [0, 0.1) is 0 Å². The summed E-state index contributed by atoms with van der Waals surface area (Å²) in [5, 5.41) is 10.1. The van der Waals surface area contributed by atoms with Crippen molar-refractivity contribution in [2.45, 2.75) is 33.6 Å². The lowest BCUT2D eigenvalue weighted by Crippen LogP contribution is -1.98. The van der Waals surface area contributed by atoms with E-state index in [1.165, 1.54) is 5.56 Å². The van der Waals surface area contributed by atoms with Crippen molar-refractivity contribution in [3.63, 3.8) is 0 Å². The highest BCUT2D eigenvalue weighted by Gasteiger charge is 2.13. The van der Waals surface area contributed by atoms with Crippen molar-refractivity contribution >= 4 is 40.4 Å². The van der Waals surface area contributed by atoms with Gasteiger partial charge in [-0.2, -0.15) is 4.98 Å². The SMILES string of the molecule is CC.CC(C)c1ccc2nc(Nc3nc4cc(C=O)ccc4n3C)oc2c1.CO. The number of anilines is 2. The van der Waals surface area contributed by atoms with Crippen LogP contribution in [0.15, 0.2) is 40.8 Å². The molecule has 2 aromatic carbocycles. The summed E-state index contributed by atoms with van der Waals surface area (Å²) < 4.78 is 7.73. The number of benzene rings is 2. The smallest absolute Gasteiger partial charge is 0.302 e. The molecule has 0 fully saturated rings. The van der Waals surface area contributed by atoms with Gasteiger partial charge in [-0.05, 0) is 41.8 Å². The number of nitrogens with zero attached hydrogens (tertiary/aromatic N) is 3. The van der Waals surface area contributed by atoms with Crippen LogP contribution in [0.4, 0.5) is 12.0 Å². The second-order valence-electron chi connectivity index (χ2n) is 6.39. The summed E-state index contributed by atoms with van der Waals surface area (Å²) in [7, 11) is 2.90. The number of aryl methyl sites for hydroxylation is 1. The molecule has 0 aliphatic rings. The number of hydrogen-bond donors (Lipinski definition) is 2. The third-order valence-corrected chi connectivity index (χ3v) is 4.34. The van der Waals surface area contributed by atoms with Crippen LogP contribution in [0.5, 0.6) is 0 Å². The lowest BCUT2D eigenvalue weighted by molar-refractivity contribution is 0.112. The van der Waals surface area contributed by atoms with Crippen LogP contribution in [0.2, 0.25) is 0 Å². The zero-order chi connectivity index (χ0) is 21.6. The fourth-order valence-corrected chi connectivity index (χ4v) is 2.85. The molecule has 0 aliphatic carbocycles. The van der Waals surface area contributed by atoms with E-state index in [0.717, 1.165) is 35.5 Å². The van der Waals surface area contributed by atoms with E-state index in [9.17, 15) is 4.79 Å². The van der Waals surface area contributed by atoms with Gasteiger partial charge in [0.2, 0.25) is 5.95 Å². The van der Waals surface area contributed by atoms with Crippen molar-refractivity contribution in [1.29, 1.82) is 0 Å². The Morgan fingerprint density at radius 1 is 1.07 bits per heavy atom. The average molecular weight is 396 g/mol. The zero-order valence-corrected chi connectivity index (χ0v) is 17.7. The Morgan fingerprint density at radius 2 is 1.79 bits per heavy atom. The number of rotatable bonds is 4. The number of hydrogen-bond acceptors (Lipinski definition) is 6. The lowest BCUT2D eigenvalue weighted by Gasteiger charge is -2.02. The van der Waals surface area contributed by atoms with Gasteiger partial charge >= 0.3 is 6.01 Å². The minimum atomic E-state index is 0.393. The molecular formula is C22H28N4O3. The first kappa shape index (κ1) is 22.1. The Bertz CT molecular complexity index is 1100. The van der Waals surface area contributed by atoms with Crippen molar-refractivity contribution in [3.8, 4) is 0 Å². The molecule has 0 saturated heterocycles. The molecule has 7 heteroatoms. The number of aromatic nitrogens is 3. The normalized spacial score (nSPS) is 10.3. The highest BCUT2D eigenvalue weighted by Crippen LogP contribution is 2.26. The molecule has 0 amide bonds. The first-order valence-electron chi connectivity index (χ1n) is 9.59. The van der Waals surface area contributed by atoms with Gasteiger partial charge in [0.15, 0.2) is 5.58 Å². The lowest BCUT2D eigenvalue weighted by atomic mass is 10.0. The van der Waals surface area contributed by atoms with E-state index in [0.29, 0.717) is 23.4 Å². The maximum Gasteiger partial charge on any atom is 0.302 e. The van der Waals surface area contributed by atoms with Gasteiger partial charge < -0.3 is 14.1 Å². The first-order valence-corrected chi connectivity index (χ1v) is 9.59. The van der Waals surface area contributed by atoms with Crippen LogP contribution in [-0.4, -0.2) is 33.0 Å². The molecule has 0 spiro atoms. The van der Waals surface area contributed by atoms with Crippen molar-refractivity contribution < 1.29 is 14.3 Å². The number of imidazole rings is 1. The molecule has 2 N–H and O–H groups in total. The molecule has 0 bridgehead atoms. The highest BCUT2D eigenvalue weighted by atomic mass is 16.4. The van der Waals surface area contributed by atoms with Crippen LogP contribution in [0.25, 0.3) is 22.1 Å². The Morgan fingerprint density at radius 3 is 2.45 bits per heavy atom. The van der Waals surface area contributed by atoms with Gasteiger partial charge in [0.25, 0.3) is 0 Å². The minimum Gasteiger partial charge on any atom is -0.423 e.